The third-order valence-corrected chi connectivity index (χ3v) is 3.44. The normalized spacial score (nSPS) is 22.4. The molecule has 106 valence electrons. The molecule has 2 atom stereocenters. The van der Waals surface area contributed by atoms with E-state index in [1.165, 1.54) is 4.57 Å². The fourth-order valence-electron chi connectivity index (χ4n) is 1.90. The van der Waals surface area contributed by atoms with E-state index in [1.54, 1.807) is 6.92 Å². The highest BCUT2D eigenvalue weighted by Gasteiger charge is 2.57. The van der Waals surface area contributed by atoms with Crippen LogP contribution in [0.4, 0.5) is 19.0 Å². The second kappa shape index (κ2) is 4.69. The van der Waals surface area contributed by atoms with E-state index >= 15 is 0 Å². The van der Waals surface area contributed by atoms with Gasteiger partial charge in [-0.25, -0.2) is 9.78 Å². The van der Waals surface area contributed by atoms with Crippen LogP contribution in [0.25, 0.3) is 0 Å². The fourth-order valence-corrected chi connectivity index (χ4v) is 2.53. The van der Waals surface area contributed by atoms with E-state index in [4.69, 9.17) is 10.5 Å². The van der Waals surface area contributed by atoms with Crippen LogP contribution < -0.4 is 5.73 Å². The largest absolute Gasteiger partial charge is 0.461 e. The van der Waals surface area contributed by atoms with E-state index < -0.39 is 24.1 Å². The fraction of sp³-hybridized carbons (Fsp3) is 0.600. The maximum atomic E-state index is 12.5. The molecule has 0 spiro atoms. The van der Waals surface area contributed by atoms with Gasteiger partial charge in [-0.05, 0) is 29.3 Å². The number of halogens is 4. The average molecular weight is 342 g/mol. The minimum Gasteiger partial charge on any atom is -0.461 e. The molecule has 0 aromatic carbocycles. The molecule has 0 saturated heterocycles. The van der Waals surface area contributed by atoms with Crippen molar-refractivity contribution in [3.8, 4) is 0 Å². The van der Waals surface area contributed by atoms with E-state index in [9.17, 15) is 18.0 Å². The van der Waals surface area contributed by atoms with Crippen molar-refractivity contribution in [3.63, 3.8) is 0 Å². The summed E-state index contributed by atoms with van der Waals surface area (Å²) < 4.78 is 43.7. The van der Waals surface area contributed by atoms with Crippen LogP contribution in [0.15, 0.2) is 4.73 Å². The van der Waals surface area contributed by atoms with Gasteiger partial charge in [-0.2, -0.15) is 13.2 Å². The Morgan fingerprint density at radius 2 is 2.26 bits per heavy atom. The lowest BCUT2D eigenvalue weighted by atomic mass is 10.4. The maximum absolute atomic E-state index is 12.5. The Balaban J connectivity index is 2.27. The highest BCUT2D eigenvalue weighted by Crippen LogP contribution is 2.55. The predicted molar refractivity (Wildman–Crippen MR) is 63.5 cm³/mol. The van der Waals surface area contributed by atoms with Crippen LogP contribution in [0, 0.1) is 5.92 Å². The van der Waals surface area contributed by atoms with Crippen molar-refractivity contribution in [3.05, 3.63) is 10.4 Å². The number of nitrogens with zero attached hydrogens (tertiary/aromatic N) is 2. The number of aromatic nitrogens is 2. The molecule has 1 aromatic heterocycles. The quantitative estimate of drug-likeness (QED) is 0.857. The molecule has 0 aliphatic heterocycles. The van der Waals surface area contributed by atoms with Gasteiger partial charge < -0.3 is 15.0 Å². The molecule has 1 saturated carbocycles. The number of rotatable bonds is 3. The van der Waals surface area contributed by atoms with Crippen molar-refractivity contribution in [2.45, 2.75) is 25.6 Å². The average Bonchev–Trinajstić information content (AvgIpc) is 3.01. The lowest BCUT2D eigenvalue weighted by molar-refractivity contribution is -0.150. The Labute approximate surface area is 115 Å². The summed E-state index contributed by atoms with van der Waals surface area (Å²) in [6.07, 6.45) is -4.34. The molecule has 1 heterocycles. The number of esters is 1. The van der Waals surface area contributed by atoms with Crippen LogP contribution in [0.2, 0.25) is 0 Å². The van der Waals surface area contributed by atoms with Gasteiger partial charge >= 0.3 is 12.1 Å². The van der Waals surface area contributed by atoms with Crippen LogP contribution in [0.1, 0.15) is 29.9 Å². The highest BCUT2D eigenvalue weighted by molar-refractivity contribution is 9.10. The maximum Gasteiger partial charge on any atom is 0.393 e. The topological polar surface area (TPSA) is 70.1 Å². The van der Waals surface area contributed by atoms with Gasteiger partial charge in [0.05, 0.1) is 12.5 Å². The number of nitrogen functional groups attached to an aromatic ring is 1. The first kappa shape index (κ1) is 14.2. The van der Waals surface area contributed by atoms with Crippen molar-refractivity contribution in [1.29, 1.82) is 0 Å². The van der Waals surface area contributed by atoms with Gasteiger partial charge in [-0.1, -0.05) is 0 Å². The molecule has 1 unspecified atom stereocenters. The number of hydrogen-bond acceptors (Lipinski definition) is 4. The summed E-state index contributed by atoms with van der Waals surface area (Å²) in [6, 6.07) is -0.815. The number of nitrogens with two attached hydrogens (primary N) is 1. The number of ether oxygens (including phenoxy) is 1. The van der Waals surface area contributed by atoms with E-state index in [-0.39, 0.29) is 29.3 Å². The van der Waals surface area contributed by atoms with Crippen LogP contribution >= 0.6 is 15.9 Å². The summed E-state index contributed by atoms with van der Waals surface area (Å²) in [7, 11) is 0. The third kappa shape index (κ3) is 2.56. The number of anilines is 1. The molecule has 19 heavy (non-hydrogen) atoms. The number of imidazole rings is 1. The van der Waals surface area contributed by atoms with E-state index in [0.29, 0.717) is 0 Å². The Bertz CT molecular complexity index is 515. The smallest absolute Gasteiger partial charge is 0.393 e. The van der Waals surface area contributed by atoms with Crippen LogP contribution in [0.5, 0.6) is 0 Å². The van der Waals surface area contributed by atoms with Crippen LogP contribution in [-0.2, 0) is 4.74 Å². The Morgan fingerprint density at radius 3 is 2.74 bits per heavy atom. The van der Waals surface area contributed by atoms with Crippen molar-refractivity contribution in [2.24, 2.45) is 5.92 Å². The second-order valence-corrected chi connectivity index (χ2v) is 4.87. The highest BCUT2D eigenvalue weighted by atomic mass is 79.9. The van der Waals surface area contributed by atoms with E-state index in [0.717, 1.165) is 0 Å². The van der Waals surface area contributed by atoms with Crippen molar-refractivity contribution in [1.82, 2.24) is 9.55 Å². The van der Waals surface area contributed by atoms with Crippen LogP contribution in [-0.4, -0.2) is 28.3 Å². The van der Waals surface area contributed by atoms with Crippen LogP contribution in [0.3, 0.4) is 0 Å². The van der Waals surface area contributed by atoms with Gasteiger partial charge in [0.2, 0.25) is 0 Å². The molecule has 5 nitrogen and oxygen atoms in total. The van der Waals surface area contributed by atoms with Crippen molar-refractivity contribution < 1.29 is 22.7 Å². The molecule has 2 N–H and O–H groups in total. The zero-order valence-corrected chi connectivity index (χ0v) is 11.5. The molecular formula is C10H11BrF3N3O2. The predicted octanol–water partition coefficient (Wildman–Crippen LogP) is 2.53. The van der Waals surface area contributed by atoms with Crippen molar-refractivity contribution in [2.75, 3.05) is 12.3 Å². The van der Waals surface area contributed by atoms with Crippen molar-refractivity contribution >= 4 is 27.7 Å². The van der Waals surface area contributed by atoms with E-state index in [1.807, 2.05) is 0 Å². The molecule has 9 heteroatoms. The van der Waals surface area contributed by atoms with Gasteiger partial charge in [-0.15, -0.1) is 0 Å². The first-order chi connectivity index (χ1) is 8.77. The number of carbonyl (C=O) groups excluding carboxylic acids is 1. The third-order valence-electron chi connectivity index (χ3n) is 2.88. The van der Waals surface area contributed by atoms with Gasteiger partial charge in [0.1, 0.15) is 5.82 Å². The van der Waals surface area contributed by atoms with Gasteiger partial charge in [0.15, 0.2) is 10.4 Å². The summed E-state index contributed by atoms with van der Waals surface area (Å²) in [6.45, 7) is 1.75. The minimum atomic E-state index is -4.27. The SMILES string of the molecule is CCOC(=O)c1nc(Br)n([C@H]2CC2C(F)(F)F)c1N. The van der Waals surface area contributed by atoms with E-state index in [2.05, 4.69) is 20.9 Å². The van der Waals surface area contributed by atoms with Gasteiger partial charge in [-0.3, -0.25) is 0 Å². The summed E-state index contributed by atoms with van der Waals surface area (Å²) in [5, 5.41) is 0. The number of hydrogen-bond donors (Lipinski definition) is 1. The van der Waals surface area contributed by atoms with Gasteiger partial charge in [0, 0.05) is 6.04 Å². The first-order valence-electron chi connectivity index (χ1n) is 5.54. The molecule has 0 amide bonds. The lowest BCUT2D eigenvalue weighted by Gasteiger charge is -2.08. The lowest BCUT2D eigenvalue weighted by Crippen LogP contribution is -2.15. The monoisotopic (exact) mass is 341 g/mol. The Morgan fingerprint density at radius 1 is 1.63 bits per heavy atom. The standard InChI is InChI=1S/C10H11BrF3N3O2/c1-2-19-8(18)6-7(15)17(9(11)16-6)5-3-4(5)10(12,13)14/h4-5H,2-3,15H2,1H3/t4?,5-/m0/s1. The summed E-state index contributed by atoms with van der Waals surface area (Å²) in [4.78, 5) is 15.4. The molecule has 1 aliphatic rings. The molecule has 1 fully saturated rings. The first-order valence-corrected chi connectivity index (χ1v) is 6.33. The molecular weight excluding hydrogens is 331 g/mol. The summed E-state index contributed by atoms with van der Waals surface area (Å²) in [5.41, 5.74) is 5.52. The molecule has 2 rings (SSSR count). The number of alkyl halides is 3. The Hall–Kier alpha value is -1.25. The second-order valence-electron chi connectivity index (χ2n) is 4.16. The Kier molecular flexibility index (Phi) is 3.50. The zero-order chi connectivity index (χ0) is 14.4. The minimum absolute atomic E-state index is 0.0646. The molecule has 1 aliphatic carbocycles. The molecule has 0 radical (unpaired) electrons. The summed E-state index contributed by atoms with van der Waals surface area (Å²) in [5.74, 6) is -2.30. The molecule has 0 bridgehead atoms. The van der Waals surface area contributed by atoms with Gasteiger partial charge in [0.25, 0.3) is 0 Å². The number of carbonyl (C=O) groups is 1. The zero-order valence-electron chi connectivity index (χ0n) is 9.87. The molecule has 1 aromatic rings. The summed E-state index contributed by atoms with van der Waals surface area (Å²) >= 11 is 3.02.